The molecule has 0 radical (unpaired) electrons. The van der Waals surface area contributed by atoms with Crippen molar-refractivity contribution in [1.29, 1.82) is 0 Å². The number of fused-ring (bicyclic) bond motifs is 1. The summed E-state index contributed by atoms with van der Waals surface area (Å²) in [6.07, 6.45) is 0. The van der Waals surface area contributed by atoms with Crippen LogP contribution in [0.4, 0.5) is 0 Å². The summed E-state index contributed by atoms with van der Waals surface area (Å²) in [6.45, 7) is 6.17. The summed E-state index contributed by atoms with van der Waals surface area (Å²) >= 11 is 0. The van der Waals surface area contributed by atoms with Gasteiger partial charge < -0.3 is 11.1 Å². The number of pyridine rings is 1. The second-order valence-electron chi connectivity index (χ2n) is 7.18. The number of amides is 1. The van der Waals surface area contributed by atoms with Crippen LogP contribution in [0.15, 0.2) is 46.0 Å². The first kappa shape index (κ1) is 20.5. The van der Waals surface area contributed by atoms with E-state index in [1.54, 1.807) is 13.0 Å². The molecule has 2 aromatic heterocycles. The molecule has 0 aliphatic rings. The van der Waals surface area contributed by atoms with Crippen LogP contribution < -0.4 is 22.3 Å². The van der Waals surface area contributed by atoms with E-state index in [4.69, 9.17) is 5.73 Å². The molecule has 2 heterocycles. The molecule has 1 atom stereocenters. The Morgan fingerprint density at radius 1 is 1.24 bits per heavy atom. The van der Waals surface area contributed by atoms with Crippen LogP contribution in [0, 0.1) is 0 Å². The van der Waals surface area contributed by atoms with Crippen molar-refractivity contribution in [2.24, 2.45) is 5.73 Å². The minimum absolute atomic E-state index is 0.0113. The van der Waals surface area contributed by atoms with E-state index < -0.39 is 17.2 Å². The lowest BCUT2D eigenvalue weighted by Crippen LogP contribution is -2.35. The molecule has 8 nitrogen and oxygen atoms in total. The highest BCUT2D eigenvalue weighted by atomic mass is 16.2. The molecular weight excluding hydrogens is 370 g/mol. The molecule has 1 aromatic carbocycles. The molecule has 0 aliphatic heterocycles. The molecule has 1 amide bonds. The topological polar surface area (TPSA) is 123 Å². The SMILES string of the molecule is CCn1c(=O)[nH]c(=O)c2c(C(=O)NCC(N)c3ccccc3)cc(C(C)C)nc21. The number of aryl methyl sites for hydroxylation is 1. The number of aromatic amines is 1. The fraction of sp³-hybridized carbons (Fsp3) is 0.333. The van der Waals surface area contributed by atoms with Crippen molar-refractivity contribution in [2.45, 2.75) is 39.3 Å². The first-order chi connectivity index (χ1) is 13.8. The van der Waals surface area contributed by atoms with E-state index in [-0.39, 0.29) is 35.1 Å². The highest BCUT2D eigenvalue weighted by molar-refractivity contribution is 6.05. The van der Waals surface area contributed by atoms with E-state index in [0.29, 0.717) is 12.2 Å². The molecule has 3 aromatic rings. The summed E-state index contributed by atoms with van der Waals surface area (Å²) in [5, 5.41) is 2.90. The van der Waals surface area contributed by atoms with Gasteiger partial charge in [-0.2, -0.15) is 0 Å². The summed E-state index contributed by atoms with van der Waals surface area (Å²) in [6, 6.07) is 10.7. The second kappa shape index (κ2) is 8.40. The summed E-state index contributed by atoms with van der Waals surface area (Å²) in [5.74, 6) is -0.422. The van der Waals surface area contributed by atoms with Gasteiger partial charge >= 0.3 is 5.69 Å². The van der Waals surface area contributed by atoms with Crippen LogP contribution in [0.1, 0.15) is 54.3 Å². The minimum Gasteiger partial charge on any atom is -0.350 e. The summed E-state index contributed by atoms with van der Waals surface area (Å²) in [7, 11) is 0. The summed E-state index contributed by atoms with van der Waals surface area (Å²) in [5.41, 5.74) is 6.91. The standard InChI is InChI=1S/C21H25N5O3/c1-4-26-18-17(20(28)25-21(26)29)14(10-16(24-18)12(2)3)19(27)23-11-15(22)13-8-6-5-7-9-13/h5-10,12,15H,4,11,22H2,1-3H3,(H,23,27)(H,25,28,29). The van der Waals surface area contributed by atoms with Gasteiger partial charge in [-0.25, -0.2) is 9.78 Å². The number of hydrogen-bond donors (Lipinski definition) is 3. The van der Waals surface area contributed by atoms with Crippen LogP contribution >= 0.6 is 0 Å². The number of rotatable bonds is 6. The largest absolute Gasteiger partial charge is 0.350 e. The van der Waals surface area contributed by atoms with E-state index in [0.717, 1.165) is 5.56 Å². The van der Waals surface area contributed by atoms with Gasteiger partial charge in [0.05, 0.1) is 10.9 Å². The van der Waals surface area contributed by atoms with E-state index in [1.165, 1.54) is 4.57 Å². The number of nitrogens with zero attached hydrogens (tertiary/aromatic N) is 2. The molecule has 0 saturated carbocycles. The third-order valence-electron chi connectivity index (χ3n) is 4.83. The molecule has 0 bridgehead atoms. The Bertz CT molecular complexity index is 1150. The zero-order valence-corrected chi connectivity index (χ0v) is 16.7. The number of benzene rings is 1. The van der Waals surface area contributed by atoms with Crippen molar-refractivity contribution in [2.75, 3.05) is 6.54 Å². The Balaban J connectivity index is 2.04. The molecule has 8 heteroatoms. The first-order valence-corrected chi connectivity index (χ1v) is 9.60. The maximum atomic E-state index is 13.0. The number of aromatic nitrogens is 3. The van der Waals surface area contributed by atoms with Crippen molar-refractivity contribution >= 4 is 16.9 Å². The number of nitrogens with one attached hydrogen (secondary N) is 2. The summed E-state index contributed by atoms with van der Waals surface area (Å²) in [4.78, 5) is 44.4. The van der Waals surface area contributed by atoms with Crippen molar-refractivity contribution in [3.05, 3.63) is 74.1 Å². The number of hydrogen-bond acceptors (Lipinski definition) is 5. The molecule has 3 rings (SSSR count). The molecule has 0 fully saturated rings. The Labute approximate surface area is 167 Å². The number of nitrogens with two attached hydrogens (primary N) is 1. The third-order valence-corrected chi connectivity index (χ3v) is 4.83. The van der Waals surface area contributed by atoms with E-state index in [1.807, 2.05) is 44.2 Å². The minimum atomic E-state index is -0.630. The lowest BCUT2D eigenvalue weighted by molar-refractivity contribution is 0.0952. The normalized spacial score (nSPS) is 12.3. The van der Waals surface area contributed by atoms with Crippen LogP contribution in [0.5, 0.6) is 0 Å². The van der Waals surface area contributed by atoms with Crippen LogP contribution in [0.3, 0.4) is 0 Å². The molecule has 152 valence electrons. The Hall–Kier alpha value is -3.26. The number of H-pyrrole nitrogens is 1. The highest BCUT2D eigenvalue weighted by Crippen LogP contribution is 2.20. The van der Waals surface area contributed by atoms with Gasteiger partial charge in [-0.1, -0.05) is 44.2 Å². The van der Waals surface area contributed by atoms with Crippen LogP contribution in [0.25, 0.3) is 11.0 Å². The van der Waals surface area contributed by atoms with Crippen molar-refractivity contribution in [1.82, 2.24) is 19.9 Å². The maximum absolute atomic E-state index is 13.0. The lowest BCUT2D eigenvalue weighted by Gasteiger charge is -2.16. The van der Waals surface area contributed by atoms with Crippen molar-refractivity contribution < 1.29 is 4.79 Å². The maximum Gasteiger partial charge on any atom is 0.329 e. The van der Waals surface area contributed by atoms with Gasteiger partial charge in [0.15, 0.2) is 5.65 Å². The molecular formula is C21H25N5O3. The van der Waals surface area contributed by atoms with E-state index in [2.05, 4.69) is 15.3 Å². The Kier molecular flexibility index (Phi) is 5.93. The predicted molar refractivity (Wildman–Crippen MR) is 112 cm³/mol. The Morgan fingerprint density at radius 2 is 1.93 bits per heavy atom. The van der Waals surface area contributed by atoms with Gasteiger partial charge in [-0.3, -0.25) is 19.1 Å². The zero-order chi connectivity index (χ0) is 21.1. The van der Waals surface area contributed by atoms with Crippen LogP contribution in [-0.4, -0.2) is 27.0 Å². The summed E-state index contributed by atoms with van der Waals surface area (Å²) < 4.78 is 1.36. The van der Waals surface area contributed by atoms with Crippen molar-refractivity contribution in [3.8, 4) is 0 Å². The van der Waals surface area contributed by atoms with Gasteiger partial charge in [0.1, 0.15) is 0 Å². The van der Waals surface area contributed by atoms with Gasteiger partial charge in [0.25, 0.3) is 11.5 Å². The first-order valence-electron chi connectivity index (χ1n) is 9.60. The van der Waals surface area contributed by atoms with E-state index >= 15 is 0 Å². The zero-order valence-electron chi connectivity index (χ0n) is 16.7. The monoisotopic (exact) mass is 395 g/mol. The average Bonchev–Trinajstić information content (AvgIpc) is 2.71. The number of carbonyl (C=O) groups is 1. The predicted octanol–water partition coefficient (Wildman–Crippen LogP) is 1.66. The van der Waals surface area contributed by atoms with E-state index in [9.17, 15) is 14.4 Å². The average molecular weight is 395 g/mol. The fourth-order valence-electron chi connectivity index (χ4n) is 3.18. The highest BCUT2D eigenvalue weighted by Gasteiger charge is 2.20. The fourth-order valence-corrected chi connectivity index (χ4v) is 3.18. The van der Waals surface area contributed by atoms with Gasteiger partial charge in [-0.15, -0.1) is 0 Å². The number of carbonyl (C=O) groups excluding carboxylic acids is 1. The molecule has 0 aliphatic carbocycles. The lowest BCUT2D eigenvalue weighted by atomic mass is 10.0. The third kappa shape index (κ3) is 4.12. The van der Waals surface area contributed by atoms with Gasteiger partial charge in [-0.05, 0) is 24.5 Å². The van der Waals surface area contributed by atoms with Crippen molar-refractivity contribution in [3.63, 3.8) is 0 Å². The molecule has 0 spiro atoms. The Morgan fingerprint density at radius 3 is 2.55 bits per heavy atom. The van der Waals surface area contributed by atoms with Crippen LogP contribution in [0.2, 0.25) is 0 Å². The molecule has 0 saturated heterocycles. The quantitative estimate of drug-likeness (QED) is 0.586. The van der Waals surface area contributed by atoms with Gasteiger partial charge in [0, 0.05) is 24.8 Å². The second-order valence-corrected chi connectivity index (χ2v) is 7.18. The smallest absolute Gasteiger partial charge is 0.329 e. The van der Waals surface area contributed by atoms with Gasteiger partial charge in [0.2, 0.25) is 0 Å². The molecule has 1 unspecified atom stereocenters. The molecule has 4 N–H and O–H groups in total. The van der Waals surface area contributed by atoms with Crippen LogP contribution in [-0.2, 0) is 6.54 Å². The molecule has 29 heavy (non-hydrogen) atoms.